The van der Waals surface area contributed by atoms with Crippen molar-refractivity contribution in [3.05, 3.63) is 17.5 Å². The Morgan fingerprint density at radius 3 is 3.00 bits per heavy atom. The first-order valence-corrected chi connectivity index (χ1v) is 5.48. The third kappa shape index (κ3) is 2.15. The van der Waals surface area contributed by atoms with Crippen molar-refractivity contribution in [2.24, 2.45) is 5.92 Å². The van der Waals surface area contributed by atoms with E-state index in [9.17, 15) is 0 Å². The van der Waals surface area contributed by atoms with Gasteiger partial charge >= 0.3 is 0 Å². The summed E-state index contributed by atoms with van der Waals surface area (Å²) in [6.07, 6.45) is 5.96. The Morgan fingerprint density at radius 2 is 2.43 bits per heavy atom. The summed E-state index contributed by atoms with van der Waals surface area (Å²) in [6.45, 7) is 5.37. The van der Waals surface area contributed by atoms with Gasteiger partial charge in [-0.25, -0.2) is 0 Å². The van der Waals surface area contributed by atoms with Crippen molar-refractivity contribution >= 4 is 0 Å². The van der Waals surface area contributed by atoms with Gasteiger partial charge < -0.3 is 5.32 Å². The maximum absolute atomic E-state index is 4.02. The fraction of sp³-hybridized carbons (Fsp3) is 0.727. The number of H-pyrrole nitrogens is 1. The van der Waals surface area contributed by atoms with E-state index in [1.54, 1.807) is 0 Å². The molecule has 2 atom stereocenters. The molecule has 1 heterocycles. The topological polar surface area (TPSA) is 40.7 Å². The van der Waals surface area contributed by atoms with Crippen LogP contribution < -0.4 is 5.32 Å². The fourth-order valence-electron chi connectivity index (χ4n) is 2.20. The summed E-state index contributed by atoms with van der Waals surface area (Å²) in [4.78, 5) is 0. The average molecular weight is 193 g/mol. The van der Waals surface area contributed by atoms with Crippen LogP contribution >= 0.6 is 0 Å². The number of aromatic amines is 1. The Morgan fingerprint density at radius 1 is 1.57 bits per heavy atom. The van der Waals surface area contributed by atoms with E-state index < -0.39 is 0 Å². The predicted octanol–water partition coefficient (Wildman–Crippen LogP) is 2.00. The van der Waals surface area contributed by atoms with Crippen LogP contribution in [0.2, 0.25) is 0 Å². The molecule has 1 aromatic heterocycles. The van der Waals surface area contributed by atoms with Gasteiger partial charge in [0.05, 0.1) is 6.20 Å². The fourth-order valence-corrected chi connectivity index (χ4v) is 2.20. The first-order chi connectivity index (χ1) is 6.75. The summed E-state index contributed by atoms with van der Waals surface area (Å²) in [5.41, 5.74) is 2.48. The van der Waals surface area contributed by atoms with Crippen molar-refractivity contribution < 1.29 is 0 Å². The van der Waals surface area contributed by atoms with Gasteiger partial charge in [0.15, 0.2) is 0 Å². The Balaban J connectivity index is 1.80. The smallest absolute Gasteiger partial charge is 0.0535 e. The molecule has 2 rings (SSSR count). The second-order valence-corrected chi connectivity index (χ2v) is 4.52. The molecule has 0 aromatic carbocycles. The van der Waals surface area contributed by atoms with Gasteiger partial charge in [-0.15, -0.1) is 0 Å². The van der Waals surface area contributed by atoms with Crippen LogP contribution in [0.3, 0.4) is 0 Å². The van der Waals surface area contributed by atoms with E-state index in [1.807, 2.05) is 6.20 Å². The maximum Gasteiger partial charge on any atom is 0.0535 e. The Kier molecular flexibility index (Phi) is 2.87. The minimum atomic E-state index is 0.722. The first kappa shape index (κ1) is 9.71. The van der Waals surface area contributed by atoms with Crippen molar-refractivity contribution in [1.29, 1.82) is 0 Å². The quantitative estimate of drug-likeness (QED) is 0.770. The molecule has 0 spiro atoms. The molecule has 1 aliphatic rings. The molecule has 0 amide bonds. The lowest BCUT2D eigenvalue weighted by Gasteiger charge is -2.11. The minimum Gasteiger partial charge on any atom is -0.310 e. The van der Waals surface area contributed by atoms with Crippen molar-refractivity contribution in [3.8, 4) is 0 Å². The predicted molar refractivity (Wildman–Crippen MR) is 57.0 cm³/mol. The van der Waals surface area contributed by atoms with Crippen LogP contribution in [-0.4, -0.2) is 16.2 Å². The number of aromatic nitrogens is 2. The number of nitrogens with one attached hydrogen (secondary N) is 2. The summed E-state index contributed by atoms with van der Waals surface area (Å²) < 4.78 is 0. The van der Waals surface area contributed by atoms with Crippen LogP contribution in [0, 0.1) is 12.8 Å². The standard InChI is InChI=1S/C11H19N3/c1-8-3-4-11(5-8)12-6-10-7-13-14-9(10)2/h7-8,11-12H,3-6H2,1-2H3,(H,13,14). The van der Waals surface area contributed by atoms with Crippen LogP contribution in [0.15, 0.2) is 6.20 Å². The van der Waals surface area contributed by atoms with Crippen LogP contribution in [-0.2, 0) is 6.54 Å². The lowest BCUT2D eigenvalue weighted by molar-refractivity contribution is 0.502. The van der Waals surface area contributed by atoms with E-state index in [-0.39, 0.29) is 0 Å². The molecule has 2 N–H and O–H groups in total. The van der Waals surface area contributed by atoms with Crippen molar-refractivity contribution in [2.45, 2.75) is 45.7 Å². The average Bonchev–Trinajstić information content (AvgIpc) is 2.72. The largest absolute Gasteiger partial charge is 0.310 e. The van der Waals surface area contributed by atoms with Crippen molar-refractivity contribution in [1.82, 2.24) is 15.5 Å². The molecule has 1 aromatic rings. The summed E-state index contributed by atoms with van der Waals surface area (Å²) in [5, 5.41) is 10.6. The zero-order valence-electron chi connectivity index (χ0n) is 9.01. The number of hydrogen-bond acceptors (Lipinski definition) is 2. The van der Waals surface area contributed by atoms with Crippen LogP contribution in [0.4, 0.5) is 0 Å². The second kappa shape index (κ2) is 4.13. The molecule has 78 valence electrons. The van der Waals surface area contributed by atoms with E-state index in [4.69, 9.17) is 0 Å². The van der Waals surface area contributed by atoms with Gasteiger partial charge in [-0.05, 0) is 32.1 Å². The van der Waals surface area contributed by atoms with E-state index in [2.05, 4.69) is 29.4 Å². The van der Waals surface area contributed by atoms with Gasteiger partial charge in [0.2, 0.25) is 0 Å². The van der Waals surface area contributed by atoms with Gasteiger partial charge in [-0.1, -0.05) is 6.92 Å². The van der Waals surface area contributed by atoms with Gasteiger partial charge in [0.1, 0.15) is 0 Å². The molecule has 1 aliphatic carbocycles. The molecule has 0 saturated heterocycles. The second-order valence-electron chi connectivity index (χ2n) is 4.52. The molecule has 1 fully saturated rings. The van der Waals surface area contributed by atoms with Gasteiger partial charge in [-0.3, -0.25) is 5.10 Å². The zero-order chi connectivity index (χ0) is 9.97. The number of aryl methyl sites for hydroxylation is 1. The molecular formula is C11H19N3. The lowest BCUT2D eigenvalue weighted by atomic mass is 10.1. The molecule has 3 heteroatoms. The summed E-state index contributed by atoms with van der Waals surface area (Å²) in [5.74, 6) is 0.901. The summed E-state index contributed by atoms with van der Waals surface area (Å²) >= 11 is 0. The summed E-state index contributed by atoms with van der Waals surface area (Å²) in [6, 6.07) is 0.722. The van der Waals surface area contributed by atoms with Crippen LogP contribution in [0.5, 0.6) is 0 Å². The maximum atomic E-state index is 4.02. The Labute approximate surface area is 85.3 Å². The lowest BCUT2D eigenvalue weighted by Crippen LogP contribution is -2.25. The van der Waals surface area contributed by atoms with Crippen LogP contribution in [0.1, 0.15) is 37.4 Å². The highest BCUT2D eigenvalue weighted by atomic mass is 15.1. The Bertz CT molecular complexity index is 292. The Hall–Kier alpha value is -0.830. The van der Waals surface area contributed by atoms with Crippen LogP contribution in [0.25, 0.3) is 0 Å². The van der Waals surface area contributed by atoms with Gasteiger partial charge in [0.25, 0.3) is 0 Å². The van der Waals surface area contributed by atoms with Crippen molar-refractivity contribution in [3.63, 3.8) is 0 Å². The van der Waals surface area contributed by atoms with Gasteiger partial charge in [0, 0.05) is 23.8 Å². The van der Waals surface area contributed by atoms with Crippen molar-refractivity contribution in [2.75, 3.05) is 0 Å². The van der Waals surface area contributed by atoms with E-state index in [0.717, 1.165) is 18.5 Å². The zero-order valence-corrected chi connectivity index (χ0v) is 9.01. The monoisotopic (exact) mass is 193 g/mol. The molecule has 1 saturated carbocycles. The third-order valence-corrected chi connectivity index (χ3v) is 3.21. The highest BCUT2D eigenvalue weighted by molar-refractivity contribution is 5.13. The molecule has 0 radical (unpaired) electrons. The highest BCUT2D eigenvalue weighted by Crippen LogP contribution is 2.24. The SMILES string of the molecule is Cc1[nH]ncc1CNC1CCC(C)C1. The molecule has 3 nitrogen and oxygen atoms in total. The van der Waals surface area contributed by atoms with E-state index in [0.29, 0.717) is 0 Å². The first-order valence-electron chi connectivity index (χ1n) is 5.48. The minimum absolute atomic E-state index is 0.722. The highest BCUT2D eigenvalue weighted by Gasteiger charge is 2.20. The van der Waals surface area contributed by atoms with E-state index in [1.165, 1.54) is 30.5 Å². The number of hydrogen-bond donors (Lipinski definition) is 2. The molecule has 0 bridgehead atoms. The van der Waals surface area contributed by atoms with Gasteiger partial charge in [-0.2, -0.15) is 5.10 Å². The van der Waals surface area contributed by atoms with E-state index >= 15 is 0 Å². The number of nitrogens with zero attached hydrogens (tertiary/aromatic N) is 1. The third-order valence-electron chi connectivity index (χ3n) is 3.21. The molecule has 14 heavy (non-hydrogen) atoms. The molecule has 2 unspecified atom stereocenters. The summed E-state index contributed by atoms with van der Waals surface area (Å²) in [7, 11) is 0. The number of rotatable bonds is 3. The normalized spacial score (nSPS) is 27.0. The molecular weight excluding hydrogens is 174 g/mol. The molecule has 0 aliphatic heterocycles.